The molecule has 3 amide bonds. The van der Waals surface area contributed by atoms with E-state index in [0.29, 0.717) is 18.5 Å². The van der Waals surface area contributed by atoms with Gasteiger partial charge in [-0.2, -0.15) is 0 Å². The monoisotopic (exact) mass is 470 g/mol. The van der Waals surface area contributed by atoms with E-state index in [0.717, 1.165) is 17.6 Å². The number of carbonyl (C=O) groups is 5. The lowest BCUT2D eigenvalue weighted by molar-refractivity contribution is -0.158. The molecule has 1 heterocycles. The Hall–Kier alpha value is -3.18. The molecule has 11 nitrogen and oxygen atoms in total. The lowest BCUT2D eigenvalue weighted by Crippen LogP contribution is -2.61. The van der Waals surface area contributed by atoms with E-state index in [1.165, 1.54) is 4.90 Å². The Morgan fingerprint density at radius 2 is 1.84 bits per heavy atom. The van der Waals surface area contributed by atoms with E-state index in [1.54, 1.807) is 24.3 Å². The van der Waals surface area contributed by atoms with Gasteiger partial charge in [0.15, 0.2) is 0 Å². The van der Waals surface area contributed by atoms with Crippen LogP contribution in [0.1, 0.15) is 22.3 Å². The third-order valence-corrected chi connectivity index (χ3v) is 4.87. The molecular formula is C20H27ClN4O7. The number of nitrogens with one attached hydrogen (secondary N) is 1. The van der Waals surface area contributed by atoms with Gasteiger partial charge in [0.05, 0.1) is 20.1 Å². The highest BCUT2D eigenvalue weighted by Crippen LogP contribution is 2.16. The number of carbonyl (C=O) groups excluding carboxylic acids is 4. The summed E-state index contributed by atoms with van der Waals surface area (Å²) in [5.41, 5.74) is 6.84. The highest BCUT2D eigenvalue weighted by Gasteiger charge is 2.39. The second kappa shape index (κ2) is 12.6. The average Bonchev–Trinajstić information content (AvgIpc) is 2.75. The number of nitrogens with zero attached hydrogens (tertiary/aromatic N) is 2. The van der Waals surface area contributed by atoms with Crippen molar-refractivity contribution in [3.63, 3.8) is 0 Å². The first-order valence-electron chi connectivity index (χ1n) is 9.71. The first kappa shape index (κ1) is 26.9. The Balaban J connectivity index is 0.00000512. The van der Waals surface area contributed by atoms with Crippen LogP contribution in [0.15, 0.2) is 24.3 Å². The van der Waals surface area contributed by atoms with Gasteiger partial charge in [0.2, 0.25) is 11.8 Å². The predicted molar refractivity (Wildman–Crippen MR) is 115 cm³/mol. The van der Waals surface area contributed by atoms with Crippen molar-refractivity contribution in [2.75, 3.05) is 39.8 Å². The second-order valence-electron chi connectivity index (χ2n) is 6.95. The number of halogens is 1. The molecule has 12 heteroatoms. The van der Waals surface area contributed by atoms with Crippen LogP contribution in [-0.2, 0) is 30.3 Å². The maximum atomic E-state index is 12.7. The summed E-state index contributed by atoms with van der Waals surface area (Å²) < 4.78 is 4.59. The van der Waals surface area contributed by atoms with Crippen molar-refractivity contribution >= 4 is 42.1 Å². The Labute approximate surface area is 191 Å². The molecule has 1 aliphatic rings. The Bertz CT molecular complexity index is 847. The summed E-state index contributed by atoms with van der Waals surface area (Å²) in [5.74, 6) is -3.60. The van der Waals surface area contributed by atoms with E-state index >= 15 is 0 Å². The maximum Gasteiger partial charge on any atom is 0.323 e. The van der Waals surface area contributed by atoms with Crippen LogP contribution in [0.3, 0.4) is 0 Å². The minimum atomic E-state index is -1.20. The molecule has 1 aromatic rings. The van der Waals surface area contributed by atoms with Crippen molar-refractivity contribution in [1.82, 2.24) is 15.1 Å². The number of nitrogens with two attached hydrogens (primary N) is 1. The number of hydrogen-bond donors (Lipinski definition) is 3. The first-order chi connectivity index (χ1) is 14.8. The summed E-state index contributed by atoms with van der Waals surface area (Å²) in [6.45, 7) is -0.387. The van der Waals surface area contributed by atoms with Gasteiger partial charge >= 0.3 is 11.9 Å². The Morgan fingerprint density at radius 1 is 1.19 bits per heavy atom. The second-order valence-corrected chi connectivity index (χ2v) is 6.95. The normalized spacial score (nSPS) is 15.6. The van der Waals surface area contributed by atoms with Gasteiger partial charge in [0.25, 0.3) is 5.91 Å². The maximum absolute atomic E-state index is 12.7. The largest absolute Gasteiger partial charge is 0.480 e. The number of carboxylic acid groups (broad SMARTS) is 1. The van der Waals surface area contributed by atoms with Gasteiger partial charge in [0.1, 0.15) is 12.6 Å². The van der Waals surface area contributed by atoms with E-state index in [9.17, 15) is 24.0 Å². The molecule has 0 radical (unpaired) electrons. The van der Waals surface area contributed by atoms with Crippen molar-refractivity contribution in [3.05, 3.63) is 35.4 Å². The Morgan fingerprint density at radius 3 is 2.41 bits per heavy atom. The van der Waals surface area contributed by atoms with Gasteiger partial charge in [-0.1, -0.05) is 12.1 Å². The molecule has 4 N–H and O–H groups in total. The molecule has 0 aliphatic carbocycles. The fourth-order valence-electron chi connectivity index (χ4n) is 3.24. The van der Waals surface area contributed by atoms with Crippen LogP contribution in [-0.4, -0.2) is 90.4 Å². The highest BCUT2D eigenvalue weighted by atomic mass is 35.5. The summed E-state index contributed by atoms with van der Waals surface area (Å²) in [7, 11) is 1.15. The van der Waals surface area contributed by atoms with Crippen LogP contribution < -0.4 is 11.1 Å². The molecule has 32 heavy (non-hydrogen) atoms. The fraction of sp³-hybridized carbons (Fsp3) is 0.450. The molecule has 2 rings (SSSR count). The number of carboxylic acids is 1. The molecule has 0 saturated carbocycles. The summed E-state index contributed by atoms with van der Waals surface area (Å²) in [4.78, 5) is 62.6. The van der Waals surface area contributed by atoms with Gasteiger partial charge in [0, 0.05) is 18.7 Å². The topological polar surface area (TPSA) is 159 Å². The molecule has 0 aromatic heterocycles. The third kappa shape index (κ3) is 7.20. The third-order valence-electron chi connectivity index (χ3n) is 4.87. The average molecular weight is 471 g/mol. The smallest absolute Gasteiger partial charge is 0.323 e. The molecule has 1 saturated heterocycles. The molecule has 0 bridgehead atoms. The van der Waals surface area contributed by atoms with Crippen molar-refractivity contribution in [3.8, 4) is 0 Å². The molecule has 1 aromatic carbocycles. The van der Waals surface area contributed by atoms with E-state index < -0.39 is 48.7 Å². The Kier molecular flexibility index (Phi) is 10.6. The number of benzene rings is 1. The number of esters is 1. The molecule has 1 aliphatic heterocycles. The van der Waals surface area contributed by atoms with Crippen LogP contribution in [0.2, 0.25) is 0 Å². The molecule has 0 spiro atoms. The predicted octanol–water partition coefficient (Wildman–Crippen LogP) is -0.973. The van der Waals surface area contributed by atoms with Crippen molar-refractivity contribution in [1.29, 1.82) is 0 Å². The van der Waals surface area contributed by atoms with Crippen LogP contribution in [0.5, 0.6) is 0 Å². The van der Waals surface area contributed by atoms with Crippen LogP contribution in [0.4, 0.5) is 0 Å². The van der Waals surface area contributed by atoms with Gasteiger partial charge in [-0.25, -0.2) is 0 Å². The minimum absolute atomic E-state index is 0. The molecule has 176 valence electrons. The number of aliphatic carboxylic acids is 1. The van der Waals surface area contributed by atoms with Gasteiger partial charge in [-0.15, -0.1) is 12.4 Å². The summed E-state index contributed by atoms with van der Waals surface area (Å²) in [6.07, 6.45) is 0.275. The zero-order valence-electron chi connectivity index (χ0n) is 17.6. The van der Waals surface area contributed by atoms with E-state index in [4.69, 9.17) is 10.8 Å². The summed E-state index contributed by atoms with van der Waals surface area (Å²) >= 11 is 0. The molecular weight excluding hydrogens is 444 g/mol. The van der Waals surface area contributed by atoms with Gasteiger partial charge < -0.3 is 30.7 Å². The lowest BCUT2D eigenvalue weighted by atomic mass is 10.1. The zero-order chi connectivity index (χ0) is 23.0. The SMILES string of the molecule is COC(=O)C[C@H]1C(=O)N(CC(=O)O)CCN1C(=O)CNC(=O)c1ccc(CCN)cc1.Cl. The number of amides is 3. The van der Waals surface area contributed by atoms with Crippen molar-refractivity contribution < 1.29 is 33.8 Å². The quantitative estimate of drug-likeness (QED) is 0.388. The zero-order valence-corrected chi connectivity index (χ0v) is 18.4. The standard InChI is InChI=1S/C20H26N4O7.ClH/c1-31-18(28)10-15-20(30)23(12-17(26)27)8-9-24(15)16(25)11-22-19(29)14-4-2-13(3-5-14)6-7-21;/h2-5,15H,6-12,21H2,1H3,(H,22,29)(H,26,27);1H/t15-;/m0./s1. The van der Waals surface area contributed by atoms with Crippen molar-refractivity contribution in [2.24, 2.45) is 5.73 Å². The van der Waals surface area contributed by atoms with E-state index in [1.807, 2.05) is 0 Å². The number of hydrogen-bond acceptors (Lipinski definition) is 7. The van der Waals surface area contributed by atoms with Gasteiger partial charge in [-0.3, -0.25) is 24.0 Å². The van der Waals surface area contributed by atoms with Crippen molar-refractivity contribution in [2.45, 2.75) is 18.9 Å². The first-order valence-corrected chi connectivity index (χ1v) is 9.71. The van der Waals surface area contributed by atoms with Crippen LogP contribution >= 0.6 is 12.4 Å². The van der Waals surface area contributed by atoms with Crippen LogP contribution in [0.25, 0.3) is 0 Å². The van der Waals surface area contributed by atoms with E-state index in [2.05, 4.69) is 10.1 Å². The van der Waals surface area contributed by atoms with Gasteiger partial charge in [-0.05, 0) is 30.7 Å². The molecule has 1 atom stereocenters. The number of ether oxygens (including phenoxy) is 1. The summed E-state index contributed by atoms with van der Waals surface area (Å²) in [6, 6.07) is 5.60. The fourth-order valence-corrected chi connectivity index (χ4v) is 3.24. The number of methoxy groups -OCH3 is 1. The van der Waals surface area contributed by atoms with E-state index in [-0.39, 0.29) is 32.0 Å². The minimum Gasteiger partial charge on any atom is -0.480 e. The highest BCUT2D eigenvalue weighted by molar-refractivity contribution is 5.98. The van der Waals surface area contributed by atoms with Crippen LogP contribution in [0, 0.1) is 0 Å². The number of piperazine rings is 1. The lowest BCUT2D eigenvalue weighted by Gasteiger charge is -2.39. The number of rotatable bonds is 9. The molecule has 1 fully saturated rings. The summed E-state index contributed by atoms with van der Waals surface area (Å²) in [5, 5.41) is 11.5. The molecule has 0 unspecified atom stereocenters.